The van der Waals surface area contributed by atoms with Gasteiger partial charge in [0.1, 0.15) is 5.76 Å². The minimum atomic E-state index is -0.367. The molecule has 1 amide bonds. The van der Waals surface area contributed by atoms with Crippen LogP contribution >= 0.6 is 0 Å². The molecule has 0 fully saturated rings. The molecule has 1 N–H and O–H groups in total. The highest BCUT2D eigenvalue weighted by Crippen LogP contribution is 2.27. The quantitative estimate of drug-likeness (QED) is 0.338. The lowest BCUT2D eigenvalue weighted by Gasteiger charge is -2.07. The van der Waals surface area contributed by atoms with Gasteiger partial charge in [0.2, 0.25) is 0 Å². The van der Waals surface area contributed by atoms with E-state index >= 15 is 0 Å². The van der Waals surface area contributed by atoms with E-state index in [-0.39, 0.29) is 11.7 Å². The van der Waals surface area contributed by atoms with Gasteiger partial charge in [-0.15, -0.1) is 0 Å². The second kappa shape index (κ2) is 6.24. The summed E-state index contributed by atoms with van der Waals surface area (Å²) >= 11 is 0. The minimum absolute atomic E-state index is 0.248. The smallest absolute Gasteiger partial charge is 0.307 e. The van der Waals surface area contributed by atoms with Crippen LogP contribution in [-0.2, 0) is 0 Å². The Morgan fingerprint density at radius 1 is 0.960 bits per heavy atom. The molecule has 0 saturated carbocycles. The largest absolute Gasteiger partial charge is 0.456 e. The fourth-order valence-corrected chi connectivity index (χ4v) is 2.96. The number of hydrogen-bond donors (Lipinski definition) is 1. The van der Waals surface area contributed by atoms with Crippen LogP contribution in [0.25, 0.3) is 21.5 Å². The Balaban J connectivity index is 1.73. The number of benzene rings is 3. The predicted molar refractivity (Wildman–Crippen MR) is 100.0 cm³/mol. The van der Waals surface area contributed by atoms with E-state index < -0.39 is 0 Å². The van der Waals surface area contributed by atoms with Crippen LogP contribution in [0.1, 0.15) is 21.9 Å². The normalized spacial score (nSPS) is 11.4. The van der Waals surface area contributed by atoms with Crippen molar-refractivity contribution in [3.8, 4) is 0 Å². The number of hydrogen-bond acceptors (Lipinski definition) is 3. The van der Waals surface area contributed by atoms with Gasteiger partial charge in [0.05, 0.1) is 6.21 Å². The van der Waals surface area contributed by atoms with Crippen LogP contribution < -0.4 is 5.43 Å². The van der Waals surface area contributed by atoms with Crippen molar-refractivity contribution in [2.75, 3.05) is 0 Å². The monoisotopic (exact) mass is 328 g/mol. The molecule has 0 aliphatic carbocycles. The van der Waals surface area contributed by atoms with Crippen LogP contribution in [-0.4, -0.2) is 12.1 Å². The molecule has 0 saturated heterocycles. The van der Waals surface area contributed by atoms with Gasteiger partial charge in [-0.2, -0.15) is 5.10 Å². The maximum Gasteiger partial charge on any atom is 0.307 e. The van der Waals surface area contributed by atoms with Gasteiger partial charge < -0.3 is 4.42 Å². The topological polar surface area (TPSA) is 54.6 Å². The van der Waals surface area contributed by atoms with E-state index in [1.54, 1.807) is 25.3 Å². The highest BCUT2D eigenvalue weighted by molar-refractivity contribution is 6.13. The summed E-state index contributed by atoms with van der Waals surface area (Å²) in [6, 6.07) is 21.8. The number of aryl methyl sites for hydroxylation is 1. The van der Waals surface area contributed by atoms with Gasteiger partial charge in [-0.05, 0) is 46.7 Å². The molecule has 122 valence electrons. The summed E-state index contributed by atoms with van der Waals surface area (Å²) in [5.74, 6) is 0.570. The van der Waals surface area contributed by atoms with Crippen LogP contribution in [0.2, 0.25) is 0 Å². The molecule has 4 nitrogen and oxygen atoms in total. The van der Waals surface area contributed by atoms with Crippen molar-refractivity contribution in [1.82, 2.24) is 5.43 Å². The first-order valence-electron chi connectivity index (χ1n) is 8.03. The second-order valence-corrected chi connectivity index (χ2v) is 5.84. The fourth-order valence-electron chi connectivity index (χ4n) is 2.96. The lowest BCUT2D eigenvalue weighted by atomic mass is 9.97. The molecule has 3 aromatic carbocycles. The van der Waals surface area contributed by atoms with E-state index in [0.717, 1.165) is 27.1 Å². The number of rotatable bonds is 3. The van der Waals surface area contributed by atoms with E-state index in [2.05, 4.69) is 40.9 Å². The van der Waals surface area contributed by atoms with Gasteiger partial charge in [-0.3, -0.25) is 4.79 Å². The molecule has 0 unspecified atom stereocenters. The van der Waals surface area contributed by atoms with E-state index in [4.69, 9.17) is 4.42 Å². The molecule has 4 aromatic rings. The lowest BCUT2D eigenvalue weighted by Crippen LogP contribution is -2.16. The molecule has 0 bridgehead atoms. The fraction of sp³-hybridized carbons (Fsp3) is 0.0476. The third kappa shape index (κ3) is 2.90. The summed E-state index contributed by atoms with van der Waals surface area (Å²) in [5.41, 5.74) is 3.50. The molecular weight excluding hydrogens is 312 g/mol. The molecular formula is C21H16N2O2. The van der Waals surface area contributed by atoms with Crippen molar-refractivity contribution in [1.29, 1.82) is 0 Å². The number of amides is 1. The SMILES string of the molecule is Cc1ccc(C(=O)N/N=C/c2c3ccccc3cc3ccccc23)o1. The average molecular weight is 328 g/mol. The third-order valence-electron chi connectivity index (χ3n) is 4.14. The number of furan rings is 1. The van der Waals surface area contributed by atoms with Crippen molar-refractivity contribution in [3.63, 3.8) is 0 Å². The number of carbonyl (C=O) groups is 1. The average Bonchev–Trinajstić information content (AvgIpc) is 3.07. The van der Waals surface area contributed by atoms with Crippen LogP contribution in [0.3, 0.4) is 0 Å². The Bertz CT molecular complexity index is 1060. The maximum atomic E-state index is 12.1. The van der Waals surface area contributed by atoms with Gasteiger partial charge in [0.25, 0.3) is 0 Å². The Labute approximate surface area is 144 Å². The maximum absolute atomic E-state index is 12.1. The summed E-state index contributed by atoms with van der Waals surface area (Å²) in [7, 11) is 0. The molecule has 0 spiro atoms. The highest BCUT2D eigenvalue weighted by Gasteiger charge is 2.09. The van der Waals surface area contributed by atoms with Crippen LogP contribution in [0.15, 0.2) is 76.2 Å². The Morgan fingerprint density at radius 3 is 2.20 bits per heavy atom. The highest BCUT2D eigenvalue weighted by atomic mass is 16.3. The standard InChI is InChI=1S/C21H16N2O2/c1-14-10-11-20(25-14)21(24)23-22-13-19-17-8-4-2-6-15(17)12-16-7-3-5-9-18(16)19/h2-13H,1H3,(H,23,24)/b22-13+. The van der Waals surface area contributed by atoms with Crippen LogP contribution in [0, 0.1) is 6.92 Å². The van der Waals surface area contributed by atoms with Crippen molar-refractivity contribution < 1.29 is 9.21 Å². The molecule has 25 heavy (non-hydrogen) atoms. The first-order valence-corrected chi connectivity index (χ1v) is 8.03. The predicted octanol–water partition coefficient (Wildman–Crippen LogP) is 4.66. The molecule has 0 atom stereocenters. The third-order valence-corrected chi connectivity index (χ3v) is 4.14. The minimum Gasteiger partial charge on any atom is -0.456 e. The van der Waals surface area contributed by atoms with E-state index in [9.17, 15) is 4.79 Å². The molecule has 4 rings (SSSR count). The molecule has 1 aromatic heterocycles. The molecule has 0 radical (unpaired) electrons. The number of nitrogens with one attached hydrogen (secondary N) is 1. The van der Waals surface area contributed by atoms with Crippen molar-refractivity contribution in [2.45, 2.75) is 6.92 Å². The first-order chi connectivity index (χ1) is 12.2. The summed E-state index contributed by atoms with van der Waals surface area (Å²) in [6.45, 7) is 1.79. The van der Waals surface area contributed by atoms with E-state index in [1.807, 2.05) is 24.3 Å². The summed E-state index contributed by atoms with van der Waals surface area (Å²) < 4.78 is 5.30. The molecule has 0 aliphatic heterocycles. The summed E-state index contributed by atoms with van der Waals surface area (Å²) in [4.78, 5) is 12.1. The van der Waals surface area contributed by atoms with Gasteiger partial charge >= 0.3 is 5.91 Å². The molecule has 1 heterocycles. The van der Waals surface area contributed by atoms with Gasteiger partial charge in [0, 0.05) is 5.56 Å². The summed E-state index contributed by atoms with van der Waals surface area (Å²) in [6.07, 6.45) is 1.69. The van der Waals surface area contributed by atoms with E-state index in [1.165, 1.54) is 0 Å². The zero-order valence-electron chi connectivity index (χ0n) is 13.7. The lowest BCUT2D eigenvalue weighted by molar-refractivity contribution is 0.0926. The van der Waals surface area contributed by atoms with Crippen molar-refractivity contribution >= 4 is 33.7 Å². The number of fused-ring (bicyclic) bond motifs is 2. The second-order valence-electron chi connectivity index (χ2n) is 5.84. The van der Waals surface area contributed by atoms with Crippen LogP contribution in [0.4, 0.5) is 0 Å². The van der Waals surface area contributed by atoms with Gasteiger partial charge in [0.15, 0.2) is 5.76 Å². The van der Waals surface area contributed by atoms with E-state index in [0.29, 0.717) is 5.76 Å². The Morgan fingerprint density at radius 2 is 1.60 bits per heavy atom. The number of nitrogens with zero attached hydrogens (tertiary/aromatic N) is 1. The molecule has 4 heteroatoms. The van der Waals surface area contributed by atoms with Crippen molar-refractivity contribution in [3.05, 3.63) is 83.8 Å². The zero-order valence-corrected chi connectivity index (χ0v) is 13.7. The van der Waals surface area contributed by atoms with Gasteiger partial charge in [-0.25, -0.2) is 5.43 Å². The van der Waals surface area contributed by atoms with Crippen LogP contribution in [0.5, 0.6) is 0 Å². The Hall–Kier alpha value is -3.40. The first kappa shape index (κ1) is 15.1. The number of hydrazone groups is 1. The summed E-state index contributed by atoms with van der Waals surface area (Å²) in [5, 5.41) is 8.59. The van der Waals surface area contributed by atoms with Crippen molar-refractivity contribution in [2.24, 2.45) is 5.10 Å². The number of carbonyl (C=O) groups excluding carboxylic acids is 1. The Kier molecular flexibility index (Phi) is 3.78. The molecule has 0 aliphatic rings. The zero-order chi connectivity index (χ0) is 17.2. The van der Waals surface area contributed by atoms with Gasteiger partial charge in [-0.1, -0.05) is 48.5 Å².